The summed E-state index contributed by atoms with van der Waals surface area (Å²) in [6.45, 7) is 1.14. The van der Waals surface area contributed by atoms with Crippen molar-refractivity contribution in [2.75, 3.05) is 13.2 Å². The number of rotatable bonds is 5. The zero-order chi connectivity index (χ0) is 13.3. The summed E-state index contributed by atoms with van der Waals surface area (Å²) in [7, 11) is 0. The lowest BCUT2D eigenvalue weighted by Crippen LogP contribution is -2.41. The van der Waals surface area contributed by atoms with Gasteiger partial charge >= 0.3 is 0 Å². The molecule has 112 valence electrons. The first-order chi connectivity index (χ1) is 9.34. The number of halogens is 1. The molecule has 0 bridgehead atoms. The lowest BCUT2D eigenvalue weighted by atomic mass is 9.96. The van der Waals surface area contributed by atoms with Crippen molar-refractivity contribution >= 4 is 29.9 Å². The molecule has 0 unspecified atom stereocenters. The number of guanidine groups is 1. The molecule has 0 aliphatic heterocycles. The van der Waals surface area contributed by atoms with E-state index in [9.17, 15) is 0 Å². The van der Waals surface area contributed by atoms with Gasteiger partial charge in [-0.2, -0.15) is 0 Å². The third-order valence-electron chi connectivity index (χ3n) is 3.34. The lowest BCUT2D eigenvalue weighted by Gasteiger charge is -2.23. The van der Waals surface area contributed by atoms with Gasteiger partial charge in [0.1, 0.15) is 12.4 Å². The second kappa shape index (κ2) is 9.85. The van der Waals surface area contributed by atoms with Crippen molar-refractivity contribution in [2.24, 2.45) is 10.7 Å². The average molecular weight is 389 g/mol. The van der Waals surface area contributed by atoms with Crippen molar-refractivity contribution in [3.8, 4) is 5.75 Å². The summed E-state index contributed by atoms with van der Waals surface area (Å²) in [6, 6.07) is 10.3. The van der Waals surface area contributed by atoms with Gasteiger partial charge in [0.15, 0.2) is 5.96 Å². The monoisotopic (exact) mass is 389 g/mol. The summed E-state index contributed by atoms with van der Waals surface area (Å²) >= 11 is 0. The maximum atomic E-state index is 5.87. The predicted octanol–water partition coefficient (Wildman–Crippen LogP) is 2.92. The standard InChI is InChI=1S/C15H23N3O.HI/c16-15(18-13-7-3-1-4-8-13)17-11-12-19-14-9-5-2-6-10-14;/h2,5-6,9-10,13H,1,3-4,7-8,11-12H2,(H3,16,17,18);1H. The van der Waals surface area contributed by atoms with Crippen LogP contribution in [0.2, 0.25) is 0 Å². The Balaban J connectivity index is 0.00000200. The molecular formula is C15H24IN3O. The number of nitrogens with one attached hydrogen (secondary N) is 1. The first-order valence-corrected chi connectivity index (χ1v) is 7.09. The minimum Gasteiger partial charge on any atom is -0.492 e. The van der Waals surface area contributed by atoms with Crippen LogP contribution < -0.4 is 15.8 Å². The van der Waals surface area contributed by atoms with Crippen LogP contribution in [0.3, 0.4) is 0 Å². The van der Waals surface area contributed by atoms with Gasteiger partial charge in [-0.1, -0.05) is 37.5 Å². The van der Waals surface area contributed by atoms with E-state index in [-0.39, 0.29) is 24.0 Å². The summed E-state index contributed by atoms with van der Waals surface area (Å²) in [4.78, 5) is 4.29. The first kappa shape index (κ1) is 17.1. The number of aliphatic imine (C=N–C) groups is 1. The predicted molar refractivity (Wildman–Crippen MR) is 93.9 cm³/mol. The molecule has 1 aliphatic rings. The van der Waals surface area contributed by atoms with Gasteiger partial charge in [0.2, 0.25) is 0 Å². The van der Waals surface area contributed by atoms with Gasteiger partial charge in [0.25, 0.3) is 0 Å². The van der Waals surface area contributed by atoms with E-state index in [1.54, 1.807) is 0 Å². The summed E-state index contributed by atoms with van der Waals surface area (Å²) < 4.78 is 5.56. The molecule has 4 nitrogen and oxygen atoms in total. The molecular weight excluding hydrogens is 365 g/mol. The number of hydrogen-bond acceptors (Lipinski definition) is 2. The van der Waals surface area contributed by atoms with Crippen molar-refractivity contribution in [3.63, 3.8) is 0 Å². The Hall–Kier alpha value is -0.980. The van der Waals surface area contributed by atoms with E-state index < -0.39 is 0 Å². The molecule has 0 radical (unpaired) electrons. The van der Waals surface area contributed by atoms with Gasteiger partial charge in [-0.25, -0.2) is 4.99 Å². The fourth-order valence-corrected chi connectivity index (χ4v) is 2.35. The number of hydrogen-bond donors (Lipinski definition) is 2. The van der Waals surface area contributed by atoms with Crippen LogP contribution in [0.15, 0.2) is 35.3 Å². The molecule has 1 aromatic rings. The Kier molecular flexibility index (Phi) is 8.41. The van der Waals surface area contributed by atoms with Crippen LogP contribution in [0.5, 0.6) is 5.75 Å². The third kappa shape index (κ3) is 6.45. The summed E-state index contributed by atoms with van der Waals surface area (Å²) in [5.41, 5.74) is 5.87. The highest BCUT2D eigenvalue weighted by Gasteiger charge is 2.12. The van der Waals surface area contributed by atoms with Crippen LogP contribution in [0, 0.1) is 0 Å². The highest BCUT2D eigenvalue weighted by atomic mass is 127. The van der Waals surface area contributed by atoms with Crippen molar-refractivity contribution in [3.05, 3.63) is 30.3 Å². The summed E-state index contributed by atoms with van der Waals surface area (Å²) in [5, 5.41) is 3.29. The molecule has 0 saturated heterocycles. The average Bonchev–Trinajstić information content (AvgIpc) is 2.46. The topological polar surface area (TPSA) is 59.6 Å². The van der Waals surface area contributed by atoms with E-state index in [1.807, 2.05) is 30.3 Å². The number of nitrogens with zero attached hydrogens (tertiary/aromatic N) is 1. The molecule has 1 aromatic carbocycles. The fourth-order valence-electron chi connectivity index (χ4n) is 2.35. The third-order valence-corrected chi connectivity index (χ3v) is 3.34. The molecule has 2 rings (SSSR count). The highest BCUT2D eigenvalue weighted by molar-refractivity contribution is 14.0. The van der Waals surface area contributed by atoms with E-state index in [4.69, 9.17) is 10.5 Å². The number of para-hydroxylation sites is 1. The molecule has 3 N–H and O–H groups in total. The second-order valence-corrected chi connectivity index (χ2v) is 4.91. The molecule has 0 heterocycles. The first-order valence-electron chi connectivity index (χ1n) is 7.09. The maximum absolute atomic E-state index is 5.87. The molecule has 5 heteroatoms. The molecule has 0 spiro atoms. The maximum Gasteiger partial charge on any atom is 0.188 e. The van der Waals surface area contributed by atoms with Gasteiger partial charge in [-0.3, -0.25) is 0 Å². The van der Waals surface area contributed by atoms with E-state index in [0.717, 1.165) is 5.75 Å². The molecule has 0 aromatic heterocycles. The highest BCUT2D eigenvalue weighted by Crippen LogP contribution is 2.16. The summed E-state index contributed by atoms with van der Waals surface area (Å²) in [6.07, 6.45) is 6.34. The van der Waals surface area contributed by atoms with Gasteiger partial charge < -0.3 is 15.8 Å². The Labute approximate surface area is 138 Å². The van der Waals surface area contributed by atoms with Gasteiger partial charge in [0, 0.05) is 6.04 Å². The molecule has 1 saturated carbocycles. The van der Waals surface area contributed by atoms with E-state index in [0.29, 0.717) is 25.2 Å². The van der Waals surface area contributed by atoms with Gasteiger partial charge in [0.05, 0.1) is 6.54 Å². The fraction of sp³-hybridized carbons (Fsp3) is 0.533. The minimum atomic E-state index is 0. The number of ether oxygens (including phenoxy) is 1. The summed E-state index contributed by atoms with van der Waals surface area (Å²) in [5.74, 6) is 1.42. The van der Waals surface area contributed by atoms with Crippen LogP contribution in [0.4, 0.5) is 0 Å². The smallest absolute Gasteiger partial charge is 0.188 e. The normalized spacial score (nSPS) is 16.3. The van der Waals surface area contributed by atoms with Crippen LogP contribution >= 0.6 is 24.0 Å². The van der Waals surface area contributed by atoms with Crippen molar-refractivity contribution < 1.29 is 4.74 Å². The second-order valence-electron chi connectivity index (χ2n) is 4.91. The van der Waals surface area contributed by atoms with E-state index in [2.05, 4.69) is 10.3 Å². The zero-order valence-corrected chi connectivity index (χ0v) is 14.1. The van der Waals surface area contributed by atoms with Crippen LogP contribution in [-0.4, -0.2) is 25.2 Å². The van der Waals surface area contributed by atoms with E-state index >= 15 is 0 Å². The number of benzene rings is 1. The zero-order valence-electron chi connectivity index (χ0n) is 11.8. The molecule has 0 amide bonds. The SMILES string of the molecule is I.NC(=NCCOc1ccccc1)NC1CCCCC1. The number of nitrogens with two attached hydrogens (primary N) is 1. The van der Waals surface area contributed by atoms with Crippen LogP contribution in [-0.2, 0) is 0 Å². The lowest BCUT2D eigenvalue weighted by molar-refractivity contribution is 0.328. The molecule has 1 aliphatic carbocycles. The quantitative estimate of drug-likeness (QED) is 0.352. The van der Waals surface area contributed by atoms with Gasteiger partial charge in [-0.05, 0) is 25.0 Å². The van der Waals surface area contributed by atoms with Gasteiger partial charge in [-0.15, -0.1) is 24.0 Å². The largest absolute Gasteiger partial charge is 0.492 e. The Morgan fingerprint density at radius 2 is 1.90 bits per heavy atom. The van der Waals surface area contributed by atoms with E-state index in [1.165, 1.54) is 32.1 Å². The Bertz CT molecular complexity index is 391. The minimum absolute atomic E-state index is 0. The molecule has 20 heavy (non-hydrogen) atoms. The van der Waals surface area contributed by atoms with Crippen molar-refractivity contribution in [1.82, 2.24) is 5.32 Å². The van der Waals surface area contributed by atoms with Crippen LogP contribution in [0.25, 0.3) is 0 Å². The van der Waals surface area contributed by atoms with Crippen molar-refractivity contribution in [1.29, 1.82) is 0 Å². The van der Waals surface area contributed by atoms with Crippen molar-refractivity contribution in [2.45, 2.75) is 38.1 Å². The van der Waals surface area contributed by atoms with Crippen LogP contribution in [0.1, 0.15) is 32.1 Å². The molecule has 1 fully saturated rings. The Morgan fingerprint density at radius 1 is 1.20 bits per heavy atom. The Morgan fingerprint density at radius 3 is 2.60 bits per heavy atom. The molecule has 0 atom stereocenters.